The highest BCUT2D eigenvalue weighted by Gasteiger charge is 2.15. The highest BCUT2D eigenvalue weighted by molar-refractivity contribution is 5.89. The van der Waals surface area contributed by atoms with E-state index in [1.54, 1.807) is 78.2 Å². The summed E-state index contributed by atoms with van der Waals surface area (Å²) in [6.07, 6.45) is 6.88. The molecule has 7 heteroatoms. The van der Waals surface area contributed by atoms with Crippen LogP contribution in [-0.2, 0) is 13.1 Å². The summed E-state index contributed by atoms with van der Waals surface area (Å²) in [7, 11) is 0. The summed E-state index contributed by atoms with van der Waals surface area (Å²) < 4.78 is 5.80. The summed E-state index contributed by atoms with van der Waals surface area (Å²) in [4.78, 5) is 23.0. The first-order valence-corrected chi connectivity index (χ1v) is 10.3. The van der Waals surface area contributed by atoms with Crippen LogP contribution in [0.15, 0.2) is 97.6 Å². The number of nitrogens with zero attached hydrogens (tertiary/aromatic N) is 4. The molecule has 4 aromatic rings. The number of nitrogens with one attached hydrogen (secondary N) is 1. The molecule has 2 amide bonds. The summed E-state index contributed by atoms with van der Waals surface area (Å²) in [5, 5.41) is 11.8. The molecule has 7 nitrogen and oxygen atoms in total. The number of ether oxygens (including phenoxy) is 1. The molecule has 1 N–H and O–H groups in total. The molecule has 33 heavy (non-hydrogen) atoms. The molecule has 4 rings (SSSR count). The summed E-state index contributed by atoms with van der Waals surface area (Å²) >= 11 is 0. The first-order valence-electron chi connectivity index (χ1n) is 10.3. The van der Waals surface area contributed by atoms with Gasteiger partial charge < -0.3 is 15.0 Å². The highest BCUT2D eigenvalue weighted by Crippen LogP contribution is 2.23. The van der Waals surface area contributed by atoms with Crippen molar-refractivity contribution in [1.82, 2.24) is 14.9 Å². The van der Waals surface area contributed by atoms with Crippen LogP contribution in [0.25, 0.3) is 0 Å². The van der Waals surface area contributed by atoms with Crippen molar-refractivity contribution in [1.29, 1.82) is 5.26 Å². The van der Waals surface area contributed by atoms with Crippen molar-refractivity contribution in [3.8, 4) is 17.6 Å². The van der Waals surface area contributed by atoms with Crippen molar-refractivity contribution in [2.45, 2.75) is 13.1 Å². The van der Waals surface area contributed by atoms with E-state index < -0.39 is 0 Å². The van der Waals surface area contributed by atoms with Crippen LogP contribution in [0.4, 0.5) is 10.5 Å². The van der Waals surface area contributed by atoms with Gasteiger partial charge in [-0.25, -0.2) is 4.79 Å². The van der Waals surface area contributed by atoms with E-state index >= 15 is 0 Å². The van der Waals surface area contributed by atoms with Crippen molar-refractivity contribution < 1.29 is 9.53 Å². The number of nitriles is 1. The fraction of sp³-hybridized carbons (Fsp3) is 0.0769. The standard InChI is InChI=1S/C26H21N5O2/c27-16-20-3-7-24(8-4-20)33-25-9-5-23(6-10-25)30-26(32)31(18-21-11-14-28-15-12-21)19-22-2-1-13-29-17-22/h1-15,17H,18-19H2,(H,30,32). The molecule has 0 saturated heterocycles. The van der Waals surface area contributed by atoms with Gasteiger partial charge in [-0.1, -0.05) is 6.07 Å². The third-order valence-electron chi connectivity index (χ3n) is 4.83. The first kappa shape index (κ1) is 21.5. The second kappa shape index (κ2) is 10.6. The fourth-order valence-corrected chi connectivity index (χ4v) is 3.16. The summed E-state index contributed by atoms with van der Waals surface area (Å²) in [5.74, 6) is 1.26. The Balaban J connectivity index is 1.43. The summed E-state index contributed by atoms with van der Waals surface area (Å²) in [5.41, 5.74) is 3.14. The Morgan fingerprint density at radius 1 is 0.848 bits per heavy atom. The van der Waals surface area contributed by atoms with Gasteiger partial charge in [-0.3, -0.25) is 9.97 Å². The van der Waals surface area contributed by atoms with Crippen molar-refractivity contribution in [2.24, 2.45) is 0 Å². The number of hydrogen-bond donors (Lipinski definition) is 1. The van der Waals surface area contributed by atoms with Crippen molar-refractivity contribution >= 4 is 11.7 Å². The third kappa shape index (κ3) is 6.15. The lowest BCUT2D eigenvalue weighted by Gasteiger charge is -2.23. The fourth-order valence-electron chi connectivity index (χ4n) is 3.16. The zero-order valence-electron chi connectivity index (χ0n) is 17.8. The Kier molecular flexibility index (Phi) is 6.88. The van der Waals surface area contributed by atoms with Gasteiger partial charge in [-0.2, -0.15) is 5.26 Å². The number of anilines is 1. The number of carbonyl (C=O) groups is 1. The SMILES string of the molecule is N#Cc1ccc(Oc2ccc(NC(=O)N(Cc3ccncc3)Cc3cccnc3)cc2)cc1. The lowest BCUT2D eigenvalue weighted by Crippen LogP contribution is -2.34. The topological polar surface area (TPSA) is 91.1 Å². The quantitative estimate of drug-likeness (QED) is 0.421. The second-order valence-electron chi connectivity index (χ2n) is 7.27. The Morgan fingerprint density at radius 2 is 1.52 bits per heavy atom. The molecule has 0 saturated carbocycles. The monoisotopic (exact) mass is 435 g/mol. The van der Waals surface area contributed by atoms with E-state index in [-0.39, 0.29) is 6.03 Å². The molecule has 0 radical (unpaired) electrons. The van der Waals surface area contributed by atoms with E-state index in [4.69, 9.17) is 10.00 Å². The number of rotatable bonds is 7. The van der Waals surface area contributed by atoms with E-state index in [1.807, 2.05) is 24.3 Å². The van der Waals surface area contributed by atoms with Crippen molar-refractivity contribution in [2.75, 3.05) is 5.32 Å². The predicted octanol–water partition coefficient (Wildman–Crippen LogP) is 5.37. The third-order valence-corrected chi connectivity index (χ3v) is 4.83. The van der Waals surface area contributed by atoms with Crippen LogP contribution in [0.1, 0.15) is 16.7 Å². The minimum absolute atomic E-state index is 0.226. The normalized spacial score (nSPS) is 10.2. The number of urea groups is 1. The lowest BCUT2D eigenvalue weighted by atomic mass is 10.2. The maximum absolute atomic E-state index is 13.1. The van der Waals surface area contributed by atoms with Crippen LogP contribution in [0.2, 0.25) is 0 Å². The number of carbonyl (C=O) groups excluding carboxylic acids is 1. The average molecular weight is 435 g/mol. The molecule has 0 fully saturated rings. The maximum Gasteiger partial charge on any atom is 0.322 e. The minimum Gasteiger partial charge on any atom is -0.457 e. The van der Waals surface area contributed by atoms with Crippen LogP contribution in [0.3, 0.4) is 0 Å². The van der Waals surface area contributed by atoms with Crippen LogP contribution in [-0.4, -0.2) is 20.9 Å². The average Bonchev–Trinajstić information content (AvgIpc) is 2.86. The lowest BCUT2D eigenvalue weighted by molar-refractivity contribution is 0.206. The smallest absolute Gasteiger partial charge is 0.322 e. The summed E-state index contributed by atoms with van der Waals surface area (Å²) in [6, 6.07) is 23.4. The molecule has 2 aromatic heterocycles. The van der Waals surface area contributed by atoms with Gasteiger partial charge in [0.25, 0.3) is 0 Å². The second-order valence-corrected chi connectivity index (χ2v) is 7.27. The van der Waals surface area contributed by atoms with Crippen LogP contribution in [0.5, 0.6) is 11.5 Å². The number of amides is 2. The Hall–Kier alpha value is -4.70. The van der Waals surface area contributed by atoms with Crippen LogP contribution < -0.4 is 10.1 Å². The van der Waals surface area contributed by atoms with E-state index in [2.05, 4.69) is 21.4 Å². The van der Waals surface area contributed by atoms with Gasteiger partial charge in [0.05, 0.1) is 11.6 Å². The number of aromatic nitrogens is 2. The molecule has 0 atom stereocenters. The van der Waals surface area contributed by atoms with Crippen LogP contribution in [0, 0.1) is 11.3 Å². The highest BCUT2D eigenvalue weighted by atomic mass is 16.5. The van der Waals surface area contributed by atoms with Gasteiger partial charge in [-0.05, 0) is 77.9 Å². The first-order chi connectivity index (χ1) is 16.2. The molecular formula is C26H21N5O2. The predicted molar refractivity (Wildman–Crippen MR) is 124 cm³/mol. The van der Waals surface area contributed by atoms with Crippen molar-refractivity contribution in [3.63, 3.8) is 0 Å². The van der Waals surface area contributed by atoms with Gasteiger partial charge in [0, 0.05) is 43.6 Å². The molecule has 0 spiro atoms. The van der Waals surface area contributed by atoms with Gasteiger partial charge in [0.2, 0.25) is 0 Å². The van der Waals surface area contributed by atoms with Gasteiger partial charge in [-0.15, -0.1) is 0 Å². The van der Waals surface area contributed by atoms with E-state index in [0.29, 0.717) is 35.8 Å². The van der Waals surface area contributed by atoms with E-state index in [9.17, 15) is 4.79 Å². The van der Waals surface area contributed by atoms with E-state index in [1.165, 1.54) is 0 Å². The Morgan fingerprint density at radius 3 is 2.15 bits per heavy atom. The molecule has 162 valence electrons. The molecule has 0 aliphatic carbocycles. The molecule has 2 aromatic carbocycles. The number of pyridine rings is 2. The van der Waals surface area contributed by atoms with Gasteiger partial charge >= 0.3 is 6.03 Å². The molecule has 2 heterocycles. The number of benzene rings is 2. The maximum atomic E-state index is 13.1. The van der Waals surface area contributed by atoms with Gasteiger partial charge in [0.1, 0.15) is 11.5 Å². The largest absolute Gasteiger partial charge is 0.457 e. The Bertz CT molecular complexity index is 1180. The van der Waals surface area contributed by atoms with Gasteiger partial charge in [0.15, 0.2) is 0 Å². The molecule has 0 aliphatic rings. The zero-order valence-corrected chi connectivity index (χ0v) is 17.8. The number of hydrogen-bond acceptors (Lipinski definition) is 5. The molecule has 0 aliphatic heterocycles. The zero-order chi connectivity index (χ0) is 22.9. The summed E-state index contributed by atoms with van der Waals surface area (Å²) in [6.45, 7) is 0.852. The molecule has 0 bridgehead atoms. The van der Waals surface area contributed by atoms with Crippen molar-refractivity contribution in [3.05, 3.63) is 114 Å². The molecular weight excluding hydrogens is 414 g/mol. The minimum atomic E-state index is -0.226. The Labute approximate surface area is 191 Å². The van der Waals surface area contributed by atoms with E-state index in [0.717, 1.165) is 11.1 Å². The molecule has 0 unspecified atom stereocenters. The van der Waals surface area contributed by atoms with Crippen LogP contribution >= 0.6 is 0 Å².